The minimum Gasteiger partial charge on any atom is -0.299 e. The Labute approximate surface area is 103 Å². The average Bonchev–Trinajstić information content (AvgIpc) is 2.94. The van der Waals surface area contributed by atoms with E-state index in [4.69, 9.17) is 11.6 Å². The van der Waals surface area contributed by atoms with Gasteiger partial charge < -0.3 is 0 Å². The van der Waals surface area contributed by atoms with Gasteiger partial charge in [-0.2, -0.15) is 0 Å². The zero-order chi connectivity index (χ0) is 10.8. The average molecular weight is 288 g/mol. The van der Waals surface area contributed by atoms with Crippen molar-refractivity contribution in [1.29, 1.82) is 0 Å². The Morgan fingerprint density at radius 2 is 2.20 bits per heavy atom. The fourth-order valence-electron chi connectivity index (χ4n) is 1.59. The lowest BCUT2D eigenvalue weighted by atomic mass is 10.1. The van der Waals surface area contributed by atoms with E-state index in [2.05, 4.69) is 15.9 Å². The van der Waals surface area contributed by atoms with Gasteiger partial charge in [0.25, 0.3) is 0 Å². The van der Waals surface area contributed by atoms with Crippen molar-refractivity contribution in [2.75, 3.05) is 0 Å². The van der Waals surface area contributed by atoms with Crippen molar-refractivity contribution in [1.82, 2.24) is 0 Å². The third-order valence-corrected chi connectivity index (χ3v) is 3.46. The van der Waals surface area contributed by atoms with Crippen LogP contribution in [-0.4, -0.2) is 5.78 Å². The third kappa shape index (κ3) is 3.32. The van der Waals surface area contributed by atoms with Crippen molar-refractivity contribution in [3.8, 4) is 0 Å². The first-order valence-electron chi connectivity index (χ1n) is 5.11. The fraction of sp³-hybridized carbons (Fsp3) is 0.417. The van der Waals surface area contributed by atoms with Crippen LogP contribution in [-0.2, 0) is 11.2 Å². The molecule has 0 unspecified atom stereocenters. The van der Waals surface area contributed by atoms with Crippen LogP contribution in [0.5, 0.6) is 0 Å². The predicted octanol–water partition coefficient (Wildman–Crippen LogP) is 4.01. The molecular formula is C12H12BrClO. The highest BCUT2D eigenvalue weighted by molar-refractivity contribution is 9.10. The van der Waals surface area contributed by atoms with Gasteiger partial charge in [0.2, 0.25) is 0 Å². The molecule has 80 valence electrons. The maximum Gasteiger partial charge on any atom is 0.137 e. The molecule has 0 amide bonds. The van der Waals surface area contributed by atoms with Crippen LogP contribution in [0.25, 0.3) is 0 Å². The second kappa shape index (κ2) is 4.67. The summed E-state index contributed by atoms with van der Waals surface area (Å²) >= 11 is 9.39. The van der Waals surface area contributed by atoms with E-state index in [-0.39, 0.29) is 0 Å². The van der Waals surface area contributed by atoms with Gasteiger partial charge in [0.15, 0.2) is 0 Å². The summed E-state index contributed by atoms with van der Waals surface area (Å²) in [6.07, 6.45) is 3.65. The van der Waals surface area contributed by atoms with Gasteiger partial charge in [-0.15, -0.1) is 0 Å². The highest BCUT2D eigenvalue weighted by Crippen LogP contribution is 2.33. The molecule has 0 saturated heterocycles. The van der Waals surface area contributed by atoms with E-state index in [0.29, 0.717) is 23.1 Å². The summed E-state index contributed by atoms with van der Waals surface area (Å²) in [6, 6.07) is 5.67. The first-order chi connectivity index (χ1) is 7.15. The summed E-state index contributed by atoms with van der Waals surface area (Å²) < 4.78 is 0.950. The van der Waals surface area contributed by atoms with Gasteiger partial charge >= 0.3 is 0 Å². The predicted molar refractivity (Wildman–Crippen MR) is 65.2 cm³/mol. The van der Waals surface area contributed by atoms with Crippen LogP contribution in [0, 0.1) is 5.92 Å². The van der Waals surface area contributed by atoms with Crippen molar-refractivity contribution < 1.29 is 4.79 Å². The summed E-state index contributed by atoms with van der Waals surface area (Å²) in [5.41, 5.74) is 0.936. The molecule has 2 rings (SSSR count). The van der Waals surface area contributed by atoms with E-state index in [1.165, 1.54) is 12.8 Å². The van der Waals surface area contributed by atoms with Gasteiger partial charge in [-0.3, -0.25) is 4.79 Å². The molecule has 1 saturated carbocycles. The first kappa shape index (κ1) is 11.2. The monoisotopic (exact) mass is 286 g/mol. The standard InChI is InChI=1S/C12H12BrClO/c13-10-4-3-9(12(14)7-10)6-11(15)5-8-1-2-8/h3-4,7-8H,1-2,5-6H2. The second-order valence-corrected chi connectivity index (χ2v) is 5.42. The molecule has 1 aliphatic rings. The quantitative estimate of drug-likeness (QED) is 0.817. The van der Waals surface area contributed by atoms with Gasteiger partial charge in [-0.1, -0.05) is 33.6 Å². The van der Waals surface area contributed by atoms with Crippen LogP contribution in [0.4, 0.5) is 0 Å². The minimum absolute atomic E-state index is 0.307. The molecule has 0 N–H and O–H groups in total. The van der Waals surface area contributed by atoms with E-state index in [1.807, 2.05) is 18.2 Å². The Balaban J connectivity index is 1.99. The number of carbonyl (C=O) groups is 1. The molecule has 0 aliphatic heterocycles. The Hall–Kier alpha value is -0.340. The summed E-state index contributed by atoms with van der Waals surface area (Å²) in [4.78, 5) is 11.6. The normalized spacial score (nSPS) is 15.3. The molecule has 15 heavy (non-hydrogen) atoms. The smallest absolute Gasteiger partial charge is 0.137 e. The molecule has 0 radical (unpaired) electrons. The number of Topliss-reactive ketones (excluding diaryl/α,β-unsaturated/α-hetero) is 1. The van der Waals surface area contributed by atoms with Crippen molar-refractivity contribution in [2.45, 2.75) is 25.7 Å². The summed E-state index contributed by atoms with van der Waals surface area (Å²) in [5.74, 6) is 0.966. The molecule has 0 bridgehead atoms. The largest absolute Gasteiger partial charge is 0.299 e. The van der Waals surface area contributed by atoms with Crippen LogP contribution >= 0.6 is 27.5 Å². The molecule has 1 aromatic rings. The second-order valence-electron chi connectivity index (χ2n) is 4.10. The molecule has 0 heterocycles. The van der Waals surface area contributed by atoms with Crippen LogP contribution in [0.2, 0.25) is 5.02 Å². The van der Waals surface area contributed by atoms with Crippen LogP contribution < -0.4 is 0 Å². The SMILES string of the molecule is O=C(Cc1ccc(Br)cc1Cl)CC1CC1. The first-order valence-corrected chi connectivity index (χ1v) is 6.28. The lowest BCUT2D eigenvalue weighted by Crippen LogP contribution is -2.03. The van der Waals surface area contributed by atoms with Gasteiger partial charge in [0.1, 0.15) is 5.78 Å². The van der Waals surface area contributed by atoms with E-state index in [9.17, 15) is 4.79 Å². The highest BCUT2D eigenvalue weighted by atomic mass is 79.9. The number of hydrogen-bond donors (Lipinski definition) is 0. The molecule has 1 fully saturated rings. The van der Waals surface area contributed by atoms with Crippen LogP contribution in [0.3, 0.4) is 0 Å². The highest BCUT2D eigenvalue weighted by Gasteiger charge is 2.24. The third-order valence-electron chi connectivity index (χ3n) is 2.62. The number of hydrogen-bond acceptors (Lipinski definition) is 1. The molecule has 0 spiro atoms. The van der Waals surface area contributed by atoms with Crippen molar-refractivity contribution >= 4 is 33.3 Å². The van der Waals surface area contributed by atoms with Gasteiger partial charge in [0.05, 0.1) is 0 Å². The maximum absolute atomic E-state index is 11.6. The summed E-state index contributed by atoms with van der Waals surface area (Å²) in [6.45, 7) is 0. The Morgan fingerprint density at radius 1 is 1.47 bits per heavy atom. The van der Waals surface area contributed by atoms with Crippen LogP contribution in [0.1, 0.15) is 24.8 Å². The Kier molecular flexibility index (Phi) is 3.47. The lowest BCUT2D eigenvalue weighted by Gasteiger charge is -2.03. The number of halogens is 2. The number of carbonyl (C=O) groups excluding carboxylic acids is 1. The molecule has 0 atom stereocenters. The Bertz CT molecular complexity index is 385. The molecule has 0 aromatic heterocycles. The zero-order valence-electron chi connectivity index (χ0n) is 8.30. The number of benzene rings is 1. The van der Waals surface area contributed by atoms with E-state index < -0.39 is 0 Å². The summed E-state index contributed by atoms with van der Waals surface area (Å²) in [7, 11) is 0. The van der Waals surface area contributed by atoms with Gasteiger partial charge in [-0.25, -0.2) is 0 Å². The van der Waals surface area contributed by atoms with Crippen molar-refractivity contribution in [3.05, 3.63) is 33.3 Å². The molecule has 3 heteroatoms. The van der Waals surface area contributed by atoms with Crippen LogP contribution in [0.15, 0.2) is 22.7 Å². The summed E-state index contributed by atoms with van der Waals surface area (Å²) in [5, 5.41) is 0.675. The van der Waals surface area contributed by atoms with E-state index in [1.54, 1.807) is 0 Å². The van der Waals surface area contributed by atoms with E-state index >= 15 is 0 Å². The molecular weight excluding hydrogens is 275 g/mol. The van der Waals surface area contributed by atoms with Crippen molar-refractivity contribution in [3.63, 3.8) is 0 Å². The number of rotatable bonds is 4. The van der Waals surface area contributed by atoms with E-state index in [0.717, 1.165) is 16.5 Å². The van der Waals surface area contributed by atoms with Crippen molar-refractivity contribution in [2.24, 2.45) is 5.92 Å². The molecule has 1 nitrogen and oxygen atoms in total. The maximum atomic E-state index is 11.6. The zero-order valence-corrected chi connectivity index (χ0v) is 10.6. The lowest BCUT2D eigenvalue weighted by molar-refractivity contribution is -0.118. The molecule has 1 aromatic carbocycles. The van der Waals surface area contributed by atoms with Gasteiger partial charge in [-0.05, 0) is 36.5 Å². The fourth-order valence-corrected chi connectivity index (χ4v) is 2.33. The number of ketones is 1. The Morgan fingerprint density at radius 3 is 2.80 bits per heavy atom. The van der Waals surface area contributed by atoms with Gasteiger partial charge in [0, 0.05) is 22.3 Å². The molecule has 1 aliphatic carbocycles. The topological polar surface area (TPSA) is 17.1 Å². The minimum atomic E-state index is 0.307.